The van der Waals surface area contributed by atoms with E-state index in [9.17, 15) is 9.59 Å². The number of esters is 2. The average Bonchev–Trinajstić information content (AvgIpc) is 2.27. The van der Waals surface area contributed by atoms with Crippen LogP contribution in [0.4, 0.5) is 0 Å². The van der Waals surface area contributed by atoms with E-state index in [0.717, 1.165) is 6.42 Å². The van der Waals surface area contributed by atoms with Crippen molar-refractivity contribution >= 4 is 71.3 Å². The zero-order valence-corrected chi connectivity index (χ0v) is 16.1. The Morgan fingerprint density at radius 3 is 2.16 bits per heavy atom. The topological polar surface area (TPSA) is 52.6 Å². The van der Waals surface area contributed by atoms with Crippen molar-refractivity contribution in [3.8, 4) is 0 Å². The van der Waals surface area contributed by atoms with Gasteiger partial charge in [-0.1, -0.05) is 61.1 Å². The van der Waals surface area contributed by atoms with Gasteiger partial charge in [-0.25, -0.2) is 4.79 Å². The Balaban J connectivity index is 4.59. The molecule has 0 N–H and O–H groups in total. The number of carbonyl (C=O) groups is 2. The van der Waals surface area contributed by atoms with Crippen LogP contribution in [-0.4, -0.2) is 32.2 Å². The Kier molecular flexibility index (Phi) is 10.8. The fourth-order valence-electron chi connectivity index (χ4n) is 1.44. The van der Waals surface area contributed by atoms with Crippen molar-refractivity contribution in [1.82, 2.24) is 0 Å². The quantitative estimate of drug-likeness (QED) is 0.382. The molecule has 0 rings (SSSR count). The van der Waals surface area contributed by atoms with Crippen LogP contribution in [-0.2, 0) is 19.1 Å². The highest BCUT2D eigenvalue weighted by Crippen LogP contribution is 2.23. The summed E-state index contributed by atoms with van der Waals surface area (Å²) in [5, 5.41) is 0. The van der Waals surface area contributed by atoms with E-state index in [2.05, 4.69) is 47.8 Å². The highest BCUT2D eigenvalue weighted by atomic mass is 79.9. The normalized spacial score (nSPS) is 15.7. The van der Waals surface area contributed by atoms with Crippen LogP contribution in [0.3, 0.4) is 0 Å². The van der Waals surface area contributed by atoms with Crippen molar-refractivity contribution in [2.75, 3.05) is 0 Å². The first kappa shape index (κ1) is 19.7. The highest BCUT2D eigenvalue weighted by molar-refractivity contribution is 9.25. The van der Waals surface area contributed by atoms with Crippen LogP contribution in [0.1, 0.15) is 33.1 Å². The van der Waals surface area contributed by atoms with Crippen LogP contribution >= 0.6 is 59.4 Å². The molecule has 0 amide bonds. The third-order valence-corrected chi connectivity index (χ3v) is 3.78. The van der Waals surface area contributed by atoms with Crippen molar-refractivity contribution in [3.63, 3.8) is 0 Å². The number of ether oxygens (including phenoxy) is 2. The number of carbonyl (C=O) groups excluding carboxylic acids is 2. The van der Waals surface area contributed by atoms with Gasteiger partial charge in [0.15, 0.2) is 3.74 Å². The molecule has 3 unspecified atom stereocenters. The molecule has 0 saturated carbocycles. The molecule has 0 aliphatic carbocycles. The van der Waals surface area contributed by atoms with Gasteiger partial charge in [-0.15, -0.1) is 11.6 Å². The molecule has 4 nitrogen and oxygen atoms in total. The molecule has 0 fully saturated rings. The SMILES string of the molecule is CCCC(CC(OC(C)=O)C(Cl)Br)OC(=O)C(Br)Br. The third-order valence-electron chi connectivity index (χ3n) is 2.17. The van der Waals surface area contributed by atoms with Crippen molar-refractivity contribution in [1.29, 1.82) is 0 Å². The van der Waals surface area contributed by atoms with Gasteiger partial charge in [-0.2, -0.15) is 0 Å². The first-order valence-corrected chi connectivity index (χ1v) is 8.90. The molecule has 0 radical (unpaired) electrons. The van der Waals surface area contributed by atoms with Gasteiger partial charge in [-0.3, -0.25) is 4.79 Å². The van der Waals surface area contributed by atoms with E-state index in [1.165, 1.54) is 6.92 Å². The fraction of sp³-hybridized carbons (Fsp3) is 0.818. The average molecular weight is 487 g/mol. The van der Waals surface area contributed by atoms with E-state index in [4.69, 9.17) is 21.1 Å². The maximum atomic E-state index is 11.5. The summed E-state index contributed by atoms with van der Waals surface area (Å²) in [5.41, 5.74) is 0. The minimum absolute atomic E-state index is 0.349. The second-order valence-electron chi connectivity index (χ2n) is 3.87. The van der Waals surface area contributed by atoms with Crippen LogP contribution < -0.4 is 0 Å². The first-order valence-electron chi connectivity index (χ1n) is 5.71. The predicted octanol–water partition coefficient (Wildman–Crippen LogP) is 4.10. The van der Waals surface area contributed by atoms with E-state index in [1.54, 1.807) is 0 Å². The van der Waals surface area contributed by atoms with E-state index < -0.39 is 26.1 Å². The van der Waals surface area contributed by atoms with Crippen molar-refractivity contribution in [2.45, 2.75) is 53.3 Å². The van der Waals surface area contributed by atoms with Gasteiger partial charge in [0.05, 0.1) is 0 Å². The van der Waals surface area contributed by atoms with Crippen LogP contribution in [0.5, 0.6) is 0 Å². The minimum atomic E-state index is -0.553. The van der Waals surface area contributed by atoms with Gasteiger partial charge in [0.25, 0.3) is 0 Å². The third kappa shape index (κ3) is 9.26. The van der Waals surface area contributed by atoms with Gasteiger partial charge in [-0.05, 0) is 6.42 Å². The molecule has 0 saturated heterocycles. The van der Waals surface area contributed by atoms with Gasteiger partial charge in [0.1, 0.15) is 16.5 Å². The summed E-state index contributed by atoms with van der Waals surface area (Å²) in [4.78, 5) is 22.5. The molecule has 0 aromatic carbocycles. The van der Waals surface area contributed by atoms with Crippen molar-refractivity contribution < 1.29 is 19.1 Å². The van der Waals surface area contributed by atoms with E-state index in [-0.39, 0.29) is 6.10 Å². The lowest BCUT2D eigenvalue weighted by Crippen LogP contribution is -2.31. The Labute approximate surface area is 143 Å². The number of hydrogen-bond acceptors (Lipinski definition) is 4. The van der Waals surface area contributed by atoms with Crippen LogP contribution in [0.15, 0.2) is 0 Å². The zero-order valence-electron chi connectivity index (χ0n) is 10.6. The molecule has 0 aliphatic rings. The number of halogens is 4. The summed E-state index contributed by atoms with van der Waals surface area (Å²) >= 11 is 15.2. The largest absolute Gasteiger partial charge is 0.461 e. The van der Waals surface area contributed by atoms with E-state index in [1.807, 2.05) is 6.92 Å². The summed E-state index contributed by atoms with van der Waals surface area (Å²) < 4.78 is 9.33. The van der Waals surface area contributed by atoms with Gasteiger partial charge < -0.3 is 9.47 Å². The summed E-state index contributed by atoms with van der Waals surface area (Å²) in [6.07, 6.45) is 0.971. The molecule has 0 bridgehead atoms. The molecular weight excluding hydrogens is 471 g/mol. The Morgan fingerprint density at radius 1 is 1.21 bits per heavy atom. The van der Waals surface area contributed by atoms with Crippen molar-refractivity contribution in [3.05, 3.63) is 0 Å². The molecule has 112 valence electrons. The predicted molar refractivity (Wildman–Crippen MR) is 85.2 cm³/mol. The molecule has 0 aromatic rings. The smallest absolute Gasteiger partial charge is 0.330 e. The number of hydrogen-bond donors (Lipinski definition) is 0. The molecule has 8 heteroatoms. The highest BCUT2D eigenvalue weighted by Gasteiger charge is 2.27. The lowest BCUT2D eigenvalue weighted by molar-refractivity contribution is -0.152. The lowest BCUT2D eigenvalue weighted by atomic mass is 10.1. The van der Waals surface area contributed by atoms with Crippen LogP contribution in [0.25, 0.3) is 0 Å². The summed E-state index contributed by atoms with van der Waals surface area (Å²) in [6, 6.07) is 0. The monoisotopic (exact) mass is 484 g/mol. The molecule has 19 heavy (non-hydrogen) atoms. The maximum Gasteiger partial charge on any atom is 0.330 e. The first-order chi connectivity index (χ1) is 8.77. The Bertz CT molecular complexity index is 300. The molecular formula is C11H16Br3ClO4. The van der Waals surface area contributed by atoms with Gasteiger partial charge >= 0.3 is 11.9 Å². The maximum absolute atomic E-state index is 11.5. The van der Waals surface area contributed by atoms with Crippen LogP contribution in [0, 0.1) is 0 Å². The molecule has 0 aromatic heterocycles. The number of alkyl halides is 4. The standard InChI is InChI=1S/C11H16Br3ClO4/c1-3-4-7(19-11(17)9(12)13)5-8(10(14)15)18-6(2)16/h7-10H,3-5H2,1-2H3. The summed E-state index contributed by atoms with van der Waals surface area (Å²) in [5.74, 6) is -0.837. The van der Waals surface area contributed by atoms with Crippen molar-refractivity contribution in [2.24, 2.45) is 0 Å². The Hall–Kier alpha value is 0.670. The molecule has 0 aliphatic heterocycles. The molecule has 3 atom stereocenters. The van der Waals surface area contributed by atoms with E-state index >= 15 is 0 Å². The second-order valence-corrected chi connectivity index (χ2v) is 8.91. The second kappa shape index (κ2) is 10.4. The van der Waals surface area contributed by atoms with Crippen LogP contribution in [0.2, 0.25) is 0 Å². The molecule has 0 spiro atoms. The van der Waals surface area contributed by atoms with Gasteiger partial charge in [0.2, 0.25) is 0 Å². The number of rotatable bonds is 8. The minimum Gasteiger partial charge on any atom is -0.461 e. The fourth-order valence-corrected chi connectivity index (χ4v) is 2.13. The summed E-state index contributed by atoms with van der Waals surface area (Å²) in [7, 11) is 0. The van der Waals surface area contributed by atoms with Gasteiger partial charge in [0, 0.05) is 13.3 Å². The lowest BCUT2D eigenvalue weighted by Gasteiger charge is -2.24. The van der Waals surface area contributed by atoms with E-state index in [0.29, 0.717) is 12.8 Å². The zero-order chi connectivity index (χ0) is 15.0. The Morgan fingerprint density at radius 2 is 1.79 bits per heavy atom. The summed E-state index contributed by atoms with van der Waals surface area (Å²) in [6.45, 7) is 3.29. The molecule has 0 heterocycles.